The first-order chi connectivity index (χ1) is 24.9. The molecule has 3 heterocycles. The molecule has 0 radical (unpaired) electrons. The number of carbonyl (C=O) groups is 2. The van der Waals surface area contributed by atoms with E-state index in [0.717, 1.165) is 49.4 Å². The van der Waals surface area contributed by atoms with Crippen LogP contribution in [0, 0.1) is 17.8 Å². The smallest absolute Gasteiger partial charge is 0.286 e. The number of fused-ring (bicyclic) bond motifs is 4. The maximum atomic E-state index is 14.7. The second-order valence-corrected chi connectivity index (χ2v) is 17.8. The Morgan fingerprint density at radius 2 is 2.02 bits per heavy atom. The van der Waals surface area contributed by atoms with Gasteiger partial charge in [0.05, 0.1) is 24.2 Å². The minimum absolute atomic E-state index is 0.0117. The van der Waals surface area contributed by atoms with E-state index in [0.29, 0.717) is 43.0 Å². The number of aromatic nitrogens is 2. The van der Waals surface area contributed by atoms with Gasteiger partial charge in [-0.25, -0.2) is 4.21 Å². The normalized spacial score (nSPS) is 29.4. The summed E-state index contributed by atoms with van der Waals surface area (Å²) in [7, 11) is 3.47. The number of anilines is 2. The zero-order valence-corrected chi connectivity index (χ0v) is 32.2. The van der Waals surface area contributed by atoms with Crippen LogP contribution in [0.15, 0.2) is 59.1 Å². The third-order valence-electron chi connectivity index (χ3n) is 11.2. The summed E-state index contributed by atoms with van der Waals surface area (Å²) in [6.45, 7) is 3.94. The van der Waals surface area contributed by atoms with E-state index in [4.69, 9.17) is 21.1 Å². The van der Waals surface area contributed by atoms with Crippen molar-refractivity contribution in [2.24, 2.45) is 29.2 Å². The zero-order chi connectivity index (χ0) is 36.8. The SMILES string of the molecule is CO[C@H]1/C=C/C[C@H](C)C[S@@](=O)(NC(=O)c2cn(C)nc2N(C)C)=NC(=O)c2ccc3c(c2)N(C[C@@H]2CC[C@H]21)C[C@@]1(CCCc2cc(Cl)ccc21)CO3. The third kappa shape index (κ3) is 7.21. The van der Waals surface area contributed by atoms with Crippen LogP contribution < -0.4 is 19.3 Å². The van der Waals surface area contributed by atoms with Gasteiger partial charge in [0, 0.05) is 63.5 Å². The van der Waals surface area contributed by atoms with Crippen LogP contribution in [0.2, 0.25) is 5.02 Å². The number of benzene rings is 2. The Balaban J connectivity index is 1.30. The van der Waals surface area contributed by atoms with E-state index < -0.39 is 21.7 Å². The topological polar surface area (TPSA) is 118 Å². The number of nitrogens with zero attached hydrogens (tertiary/aromatic N) is 5. The van der Waals surface area contributed by atoms with Crippen LogP contribution in [0.1, 0.15) is 70.9 Å². The van der Waals surface area contributed by atoms with Crippen LogP contribution in [0.25, 0.3) is 0 Å². The number of rotatable bonds is 4. The lowest BCUT2D eigenvalue weighted by molar-refractivity contribution is 0.0131. The van der Waals surface area contributed by atoms with Crippen LogP contribution in [0.5, 0.6) is 5.75 Å². The molecule has 2 aliphatic carbocycles. The average molecular weight is 749 g/mol. The summed E-state index contributed by atoms with van der Waals surface area (Å²) in [5, 5.41) is 5.12. The number of hydrogen-bond donors (Lipinski definition) is 1. The first kappa shape index (κ1) is 36.5. The number of hydrogen-bond acceptors (Lipinski definition) is 8. The minimum atomic E-state index is -3.57. The molecule has 278 valence electrons. The van der Waals surface area contributed by atoms with Crippen LogP contribution in [-0.4, -0.2) is 78.6 Å². The Morgan fingerprint density at radius 3 is 2.77 bits per heavy atom. The quantitative estimate of drug-likeness (QED) is 0.314. The van der Waals surface area contributed by atoms with E-state index in [-0.39, 0.29) is 34.3 Å². The van der Waals surface area contributed by atoms with E-state index in [1.807, 2.05) is 25.1 Å². The minimum Gasteiger partial charge on any atom is -0.490 e. The van der Waals surface area contributed by atoms with Gasteiger partial charge in [-0.05, 0) is 97.7 Å². The second-order valence-electron chi connectivity index (χ2n) is 15.3. The Hall–Kier alpha value is -3.87. The maximum absolute atomic E-state index is 14.7. The van der Waals surface area contributed by atoms with Crippen molar-refractivity contribution in [1.82, 2.24) is 14.5 Å². The molecule has 1 spiro atoms. The lowest BCUT2D eigenvalue weighted by atomic mass is 9.68. The molecule has 0 unspecified atom stereocenters. The molecule has 1 fully saturated rings. The Morgan fingerprint density at radius 1 is 1.19 bits per heavy atom. The van der Waals surface area contributed by atoms with Gasteiger partial charge in [-0.15, -0.1) is 4.36 Å². The summed E-state index contributed by atoms with van der Waals surface area (Å²) in [6.07, 6.45) is 11.4. The predicted octanol–water partition coefficient (Wildman–Crippen LogP) is 6.20. The molecule has 2 amide bonds. The van der Waals surface area contributed by atoms with Crippen molar-refractivity contribution in [2.45, 2.75) is 57.0 Å². The molecule has 6 atom stereocenters. The molecule has 3 aromatic rings. The molecule has 4 aliphatic rings. The standard InChI is InChI=1S/C39H49ClN6O5S/c1-25-8-6-10-34(50-5)30-14-11-28(30)20-46-23-39(17-7-9-26-18-29(40)13-15-32(26)39)24-51-35-16-12-27(19-33(35)46)37(47)42-52(49,22-25)43-38(48)31-21-45(4)41-36(31)44(2)3/h6,10,12-13,15-16,18-19,21,25,28,30,34H,7-9,11,14,17,20,22-24H2,1-5H3,(H,42,43,47,48,49)/b10-6+/t25-,28-,30+,34-,39-,52-/m0/s1. The molecule has 0 saturated heterocycles. The first-order valence-electron chi connectivity index (χ1n) is 18.2. The third-order valence-corrected chi connectivity index (χ3v) is 13.5. The van der Waals surface area contributed by atoms with Crippen molar-refractivity contribution >= 4 is 44.8 Å². The number of amides is 2. The van der Waals surface area contributed by atoms with Crippen molar-refractivity contribution in [1.29, 1.82) is 0 Å². The van der Waals surface area contributed by atoms with E-state index in [1.165, 1.54) is 15.8 Å². The summed E-state index contributed by atoms with van der Waals surface area (Å²) < 4.78 is 35.9. The predicted molar refractivity (Wildman–Crippen MR) is 205 cm³/mol. The summed E-state index contributed by atoms with van der Waals surface area (Å²) in [5.74, 6) is 0.406. The highest BCUT2D eigenvalue weighted by atomic mass is 35.5. The molecule has 11 nitrogen and oxygen atoms in total. The van der Waals surface area contributed by atoms with Gasteiger partial charge in [-0.2, -0.15) is 5.10 Å². The number of halogens is 1. The molecule has 52 heavy (non-hydrogen) atoms. The molecular formula is C39H49ClN6O5S. The van der Waals surface area contributed by atoms with Crippen molar-refractivity contribution in [3.8, 4) is 5.75 Å². The fraction of sp³-hybridized carbons (Fsp3) is 0.513. The van der Waals surface area contributed by atoms with Gasteiger partial charge in [0.1, 0.15) is 21.2 Å². The lowest BCUT2D eigenvalue weighted by Gasteiger charge is -2.46. The Kier molecular flexibility index (Phi) is 10.2. The first-order valence-corrected chi connectivity index (χ1v) is 20.3. The fourth-order valence-electron chi connectivity index (χ4n) is 8.53. The Bertz CT molecular complexity index is 2020. The van der Waals surface area contributed by atoms with Crippen LogP contribution in [0.4, 0.5) is 11.5 Å². The molecule has 2 aliphatic heterocycles. The molecule has 1 aromatic heterocycles. The number of carbonyl (C=O) groups excluding carboxylic acids is 2. The number of ether oxygens (including phenoxy) is 2. The monoisotopic (exact) mass is 748 g/mol. The van der Waals surface area contributed by atoms with Gasteiger partial charge in [0.15, 0.2) is 5.82 Å². The van der Waals surface area contributed by atoms with Gasteiger partial charge in [0.2, 0.25) is 0 Å². The molecule has 7 rings (SSSR count). The van der Waals surface area contributed by atoms with E-state index in [1.54, 1.807) is 45.4 Å². The van der Waals surface area contributed by atoms with Gasteiger partial charge in [-0.1, -0.05) is 36.7 Å². The van der Waals surface area contributed by atoms with E-state index >= 15 is 0 Å². The van der Waals surface area contributed by atoms with Gasteiger partial charge in [0.25, 0.3) is 11.8 Å². The number of allylic oxidation sites excluding steroid dienone is 1. The highest BCUT2D eigenvalue weighted by Gasteiger charge is 2.44. The number of methoxy groups -OCH3 is 1. The van der Waals surface area contributed by atoms with Crippen LogP contribution in [0.3, 0.4) is 0 Å². The second kappa shape index (κ2) is 14.5. The molecule has 13 heteroatoms. The molecule has 2 bridgehead atoms. The largest absolute Gasteiger partial charge is 0.490 e. The van der Waals surface area contributed by atoms with Crippen LogP contribution in [-0.2, 0) is 33.5 Å². The van der Waals surface area contributed by atoms with Crippen molar-refractivity contribution in [2.75, 3.05) is 56.5 Å². The molecule has 2 aromatic carbocycles. The molecular weight excluding hydrogens is 700 g/mol. The highest BCUT2D eigenvalue weighted by molar-refractivity contribution is 7.92. The van der Waals surface area contributed by atoms with Gasteiger partial charge >= 0.3 is 0 Å². The van der Waals surface area contributed by atoms with Crippen molar-refractivity contribution in [3.05, 3.63) is 82.0 Å². The average Bonchev–Trinajstić information content (AvgIpc) is 3.42. The maximum Gasteiger partial charge on any atom is 0.286 e. The Labute approximate surface area is 312 Å². The van der Waals surface area contributed by atoms with Gasteiger partial charge < -0.3 is 19.3 Å². The summed E-state index contributed by atoms with van der Waals surface area (Å²) in [4.78, 5) is 31.9. The van der Waals surface area contributed by atoms with E-state index in [2.05, 4.69) is 43.4 Å². The number of aryl methyl sites for hydroxylation is 2. The highest BCUT2D eigenvalue weighted by Crippen LogP contribution is 2.47. The van der Waals surface area contributed by atoms with E-state index in [9.17, 15) is 13.8 Å². The summed E-state index contributed by atoms with van der Waals surface area (Å²) in [5.41, 5.74) is 3.62. The number of nitrogens with one attached hydrogen (secondary N) is 1. The van der Waals surface area contributed by atoms with Gasteiger partial charge in [-0.3, -0.25) is 19.0 Å². The van der Waals surface area contributed by atoms with Crippen molar-refractivity contribution < 1.29 is 23.3 Å². The summed E-state index contributed by atoms with van der Waals surface area (Å²) in [6, 6.07) is 11.6. The van der Waals surface area contributed by atoms with Crippen LogP contribution >= 0.6 is 11.6 Å². The fourth-order valence-corrected chi connectivity index (χ4v) is 10.6. The lowest BCUT2D eigenvalue weighted by Crippen LogP contribution is -2.49. The summed E-state index contributed by atoms with van der Waals surface area (Å²) >= 11 is 6.46. The molecule has 1 N–H and O–H groups in total. The molecule has 1 saturated carbocycles. The van der Waals surface area contributed by atoms with Crippen molar-refractivity contribution in [3.63, 3.8) is 0 Å². The zero-order valence-electron chi connectivity index (χ0n) is 30.6.